The van der Waals surface area contributed by atoms with Gasteiger partial charge in [-0.25, -0.2) is 0 Å². The standard InChI is InChI=1S/C22H29N3O4/c1-27-17-7-8-18(20(13-17)28-2)23-22(26)21-14-19(24-29-21)15-9-11-25(12-10-15)16-5-3-4-6-16/h7-8,13-16H,3-6,9-12H2,1-2H3,(H,23,26). The number of hydrogen-bond acceptors (Lipinski definition) is 6. The molecular formula is C22H29N3O4. The highest BCUT2D eigenvalue weighted by Crippen LogP contribution is 2.33. The predicted molar refractivity (Wildman–Crippen MR) is 110 cm³/mol. The molecule has 1 aliphatic heterocycles. The number of amides is 1. The van der Waals surface area contributed by atoms with E-state index >= 15 is 0 Å². The second-order valence-electron chi connectivity index (χ2n) is 7.88. The average molecular weight is 399 g/mol. The number of nitrogens with zero attached hydrogens (tertiary/aromatic N) is 2. The van der Waals surface area contributed by atoms with E-state index in [9.17, 15) is 4.79 Å². The Kier molecular flexibility index (Phi) is 6.04. The SMILES string of the molecule is COc1ccc(NC(=O)c2cc(C3CCN(C4CCCC4)CC3)no2)c(OC)c1. The Balaban J connectivity index is 1.37. The number of piperidine rings is 1. The Morgan fingerprint density at radius 2 is 1.86 bits per heavy atom. The molecule has 1 aromatic carbocycles. The lowest BCUT2D eigenvalue weighted by Gasteiger charge is -2.35. The molecule has 1 saturated carbocycles. The molecule has 1 N–H and O–H groups in total. The second-order valence-corrected chi connectivity index (χ2v) is 7.88. The molecular weight excluding hydrogens is 370 g/mol. The lowest BCUT2D eigenvalue weighted by atomic mass is 9.92. The van der Waals surface area contributed by atoms with Crippen molar-refractivity contribution in [2.45, 2.75) is 50.5 Å². The highest BCUT2D eigenvalue weighted by atomic mass is 16.5. The summed E-state index contributed by atoms with van der Waals surface area (Å²) in [6, 6.07) is 7.78. The normalized spacial score (nSPS) is 18.7. The number of rotatable bonds is 6. The minimum Gasteiger partial charge on any atom is -0.497 e. The number of benzene rings is 1. The summed E-state index contributed by atoms with van der Waals surface area (Å²) in [5.41, 5.74) is 1.43. The molecule has 29 heavy (non-hydrogen) atoms. The molecule has 7 heteroatoms. The fraction of sp³-hybridized carbons (Fsp3) is 0.545. The van der Waals surface area contributed by atoms with Gasteiger partial charge in [0.15, 0.2) is 0 Å². The van der Waals surface area contributed by atoms with Crippen molar-refractivity contribution >= 4 is 11.6 Å². The largest absolute Gasteiger partial charge is 0.497 e. The third kappa shape index (κ3) is 4.40. The summed E-state index contributed by atoms with van der Waals surface area (Å²) in [4.78, 5) is 15.3. The van der Waals surface area contributed by atoms with Gasteiger partial charge < -0.3 is 24.2 Å². The van der Waals surface area contributed by atoms with Gasteiger partial charge >= 0.3 is 0 Å². The van der Waals surface area contributed by atoms with Gasteiger partial charge in [-0.2, -0.15) is 0 Å². The molecule has 2 heterocycles. The van der Waals surface area contributed by atoms with E-state index in [2.05, 4.69) is 15.4 Å². The fourth-order valence-corrected chi connectivity index (χ4v) is 4.50. The molecule has 156 valence electrons. The smallest absolute Gasteiger partial charge is 0.294 e. The van der Waals surface area contributed by atoms with Gasteiger partial charge in [0, 0.05) is 24.1 Å². The number of carbonyl (C=O) groups is 1. The van der Waals surface area contributed by atoms with E-state index in [4.69, 9.17) is 14.0 Å². The quantitative estimate of drug-likeness (QED) is 0.789. The van der Waals surface area contributed by atoms with Crippen LogP contribution >= 0.6 is 0 Å². The second kappa shape index (κ2) is 8.86. The molecule has 0 bridgehead atoms. The van der Waals surface area contributed by atoms with E-state index in [0.717, 1.165) is 37.7 Å². The maximum absolute atomic E-state index is 12.6. The lowest BCUT2D eigenvalue weighted by Crippen LogP contribution is -2.39. The number of likely N-dealkylation sites (tertiary alicyclic amines) is 1. The molecule has 0 radical (unpaired) electrons. The van der Waals surface area contributed by atoms with Crippen LogP contribution in [0.1, 0.15) is 60.7 Å². The monoisotopic (exact) mass is 399 g/mol. The van der Waals surface area contributed by atoms with Gasteiger partial charge in [0.1, 0.15) is 11.5 Å². The van der Waals surface area contributed by atoms with Gasteiger partial charge in [0.25, 0.3) is 5.91 Å². The zero-order valence-corrected chi connectivity index (χ0v) is 17.1. The zero-order chi connectivity index (χ0) is 20.2. The maximum atomic E-state index is 12.6. The van der Waals surface area contributed by atoms with Crippen LogP contribution in [0.25, 0.3) is 0 Å². The number of anilines is 1. The van der Waals surface area contributed by atoms with Gasteiger partial charge in [0.05, 0.1) is 25.6 Å². The first-order chi connectivity index (χ1) is 14.2. The Hall–Kier alpha value is -2.54. The lowest BCUT2D eigenvalue weighted by molar-refractivity contribution is 0.0987. The van der Waals surface area contributed by atoms with Crippen molar-refractivity contribution in [3.8, 4) is 11.5 Å². The van der Waals surface area contributed by atoms with Gasteiger partial charge in [-0.05, 0) is 50.9 Å². The van der Waals surface area contributed by atoms with Gasteiger partial charge in [-0.1, -0.05) is 18.0 Å². The number of methoxy groups -OCH3 is 2. The summed E-state index contributed by atoms with van der Waals surface area (Å²) >= 11 is 0. The van der Waals surface area contributed by atoms with Gasteiger partial charge in [-0.15, -0.1) is 0 Å². The Morgan fingerprint density at radius 3 is 2.55 bits per heavy atom. The summed E-state index contributed by atoms with van der Waals surface area (Å²) in [6.45, 7) is 2.21. The van der Waals surface area contributed by atoms with Crippen molar-refractivity contribution in [1.82, 2.24) is 10.1 Å². The summed E-state index contributed by atoms with van der Waals surface area (Å²) in [7, 11) is 3.14. The van der Waals surface area contributed by atoms with E-state index in [1.165, 1.54) is 25.7 Å². The van der Waals surface area contributed by atoms with Crippen LogP contribution in [0, 0.1) is 0 Å². The summed E-state index contributed by atoms with van der Waals surface area (Å²) in [5, 5.41) is 7.02. The molecule has 2 aromatic rings. The van der Waals surface area contributed by atoms with Crippen molar-refractivity contribution in [2.24, 2.45) is 0 Å². The Labute approximate surface area is 171 Å². The van der Waals surface area contributed by atoms with Crippen LogP contribution in [0.3, 0.4) is 0 Å². The molecule has 0 atom stereocenters. The van der Waals surface area contributed by atoms with Crippen molar-refractivity contribution in [3.05, 3.63) is 35.7 Å². The van der Waals surface area contributed by atoms with E-state index < -0.39 is 0 Å². The topological polar surface area (TPSA) is 76.8 Å². The molecule has 1 aliphatic carbocycles. The number of carbonyl (C=O) groups excluding carboxylic acids is 1. The molecule has 7 nitrogen and oxygen atoms in total. The molecule has 2 aliphatic rings. The van der Waals surface area contributed by atoms with E-state index in [-0.39, 0.29) is 11.7 Å². The van der Waals surface area contributed by atoms with Crippen LogP contribution in [0.15, 0.2) is 28.8 Å². The molecule has 1 saturated heterocycles. The van der Waals surface area contributed by atoms with Crippen molar-refractivity contribution < 1.29 is 18.8 Å². The van der Waals surface area contributed by atoms with Crippen LogP contribution < -0.4 is 14.8 Å². The van der Waals surface area contributed by atoms with E-state index in [1.807, 2.05) is 0 Å². The van der Waals surface area contributed by atoms with Crippen LogP contribution in [0.4, 0.5) is 5.69 Å². The van der Waals surface area contributed by atoms with Crippen LogP contribution in [0.2, 0.25) is 0 Å². The minimum atomic E-state index is -0.337. The first kappa shape index (κ1) is 19.8. The van der Waals surface area contributed by atoms with Crippen LogP contribution in [-0.2, 0) is 0 Å². The Bertz CT molecular complexity index is 836. The molecule has 2 fully saturated rings. The molecule has 4 rings (SSSR count). The number of ether oxygens (including phenoxy) is 2. The molecule has 1 aromatic heterocycles. The highest BCUT2D eigenvalue weighted by Gasteiger charge is 2.29. The van der Waals surface area contributed by atoms with Crippen molar-refractivity contribution in [1.29, 1.82) is 0 Å². The summed E-state index contributed by atoms with van der Waals surface area (Å²) < 4.78 is 15.9. The van der Waals surface area contributed by atoms with Gasteiger partial charge in [-0.3, -0.25) is 4.79 Å². The highest BCUT2D eigenvalue weighted by molar-refractivity contribution is 6.03. The molecule has 0 unspecified atom stereocenters. The Morgan fingerprint density at radius 1 is 1.10 bits per heavy atom. The van der Waals surface area contributed by atoms with Crippen molar-refractivity contribution in [2.75, 3.05) is 32.6 Å². The molecule has 0 spiro atoms. The third-order valence-electron chi connectivity index (χ3n) is 6.20. The first-order valence-electron chi connectivity index (χ1n) is 10.4. The van der Waals surface area contributed by atoms with E-state index in [1.54, 1.807) is 38.5 Å². The minimum absolute atomic E-state index is 0.219. The summed E-state index contributed by atoms with van der Waals surface area (Å²) in [6.07, 6.45) is 7.55. The average Bonchev–Trinajstić information content (AvgIpc) is 3.46. The number of hydrogen-bond donors (Lipinski definition) is 1. The van der Waals surface area contributed by atoms with E-state index in [0.29, 0.717) is 23.1 Å². The zero-order valence-electron chi connectivity index (χ0n) is 17.1. The number of nitrogens with one attached hydrogen (secondary N) is 1. The van der Waals surface area contributed by atoms with Gasteiger partial charge in [0.2, 0.25) is 5.76 Å². The molecule has 1 amide bonds. The van der Waals surface area contributed by atoms with Crippen molar-refractivity contribution in [3.63, 3.8) is 0 Å². The first-order valence-corrected chi connectivity index (χ1v) is 10.4. The summed E-state index contributed by atoms with van der Waals surface area (Å²) in [5.74, 6) is 1.42. The maximum Gasteiger partial charge on any atom is 0.294 e. The van der Waals surface area contributed by atoms with Crippen LogP contribution in [-0.4, -0.2) is 49.3 Å². The predicted octanol–water partition coefficient (Wildman–Crippen LogP) is 4.07. The third-order valence-corrected chi connectivity index (χ3v) is 6.20. The van der Waals surface area contributed by atoms with Crippen LogP contribution in [0.5, 0.6) is 11.5 Å². The fourth-order valence-electron chi connectivity index (χ4n) is 4.50. The number of aromatic nitrogens is 1.